The first-order valence-electron chi connectivity index (χ1n) is 6.37. The zero-order chi connectivity index (χ0) is 17.0. The number of non-ortho nitro benzene ring substituents is 1. The number of nitrogens with zero attached hydrogens (tertiary/aromatic N) is 2. The Morgan fingerprint density at radius 3 is 2.30 bits per heavy atom. The van der Waals surface area contributed by atoms with Crippen molar-refractivity contribution < 1.29 is 14.4 Å². The van der Waals surface area contributed by atoms with E-state index in [-0.39, 0.29) is 11.3 Å². The summed E-state index contributed by atoms with van der Waals surface area (Å²) in [5, 5.41) is 23.0. The SMILES string of the molecule is COc1cc(Nc2ccc([N+](=O)[O-])cc2C#N)cc(OC)c1Br. The number of ether oxygens (including phenoxy) is 2. The molecule has 0 saturated heterocycles. The Balaban J connectivity index is 2.43. The number of nitro groups is 1. The van der Waals surface area contributed by atoms with E-state index in [1.165, 1.54) is 32.4 Å². The number of benzene rings is 2. The first-order valence-corrected chi connectivity index (χ1v) is 7.16. The molecule has 2 aromatic carbocycles. The first-order chi connectivity index (χ1) is 11.0. The number of anilines is 2. The van der Waals surface area contributed by atoms with Crippen molar-refractivity contribution >= 4 is 33.0 Å². The maximum Gasteiger partial charge on any atom is 0.270 e. The quantitative estimate of drug-likeness (QED) is 0.624. The van der Waals surface area contributed by atoms with Gasteiger partial charge in [-0.05, 0) is 22.0 Å². The van der Waals surface area contributed by atoms with Gasteiger partial charge in [0, 0.05) is 30.0 Å². The highest BCUT2D eigenvalue weighted by molar-refractivity contribution is 9.10. The molecular formula is C15H12BrN3O4. The van der Waals surface area contributed by atoms with Crippen molar-refractivity contribution in [3.8, 4) is 17.6 Å². The van der Waals surface area contributed by atoms with E-state index >= 15 is 0 Å². The molecule has 8 heteroatoms. The van der Waals surface area contributed by atoms with Crippen LogP contribution in [0.1, 0.15) is 5.56 Å². The monoisotopic (exact) mass is 377 g/mol. The van der Waals surface area contributed by atoms with Crippen LogP contribution in [0.5, 0.6) is 11.5 Å². The lowest BCUT2D eigenvalue weighted by atomic mass is 10.1. The molecule has 0 radical (unpaired) electrons. The number of nitro benzene ring substituents is 1. The first kappa shape index (κ1) is 16.6. The average molecular weight is 378 g/mol. The van der Waals surface area contributed by atoms with Gasteiger partial charge in [0.15, 0.2) is 0 Å². The standard InChI is InChI=1S/C15H12BrN3O4/c1-22-13-6-10(7-14(23-2)15(13)16)18-12-4-3-11(19(20)21)5-9(12)8-17/h3-7,18H,1-2H3. The molecule has 0 aliphatic heterocycles. The molecule has 0 atom stereocenters. The fourth-order valence-corrected chi connectivity index (χ4v) is 2.50. The number of nitriles is 1. The molecule has 0 aliphatic rings. The van der Waals surface area contributed by atoms with Gasteiger partial charge in [-0.25, -0.2) is 0 Å². The summed E-state index contributed by atoms with van der Waals surface area (Å²) in [6.07, 6.45) is 0. The van der Waals surface area contributed by atoms with Gasteiger partial charge in [-0.1, -0.05) is 0 Å². The maximum absolute atomic E-state index is 10.8. The molecule has 0 aromatic heterocycles. The number of hydrogen-bond donors (Lipinski definition) is 1. The molecule has 0 amide bonds. The summed E-state index contributed by atoms with van der Waals surface area (Å²) in [7, 11) is 3.05. The summed E-state index contributed by atoms with van der Waals surface area (Å²) in [5.41, 5.74) is 1.09. The highest BCUT2D eigenvalue weighted by Gasteiger charge is 2.13. The zero-order valence-electron chi connectivity index (χ0n) is 12.3. The number of nitrogens with one attached hydrogen (secondary N) is 1. The highest BCUT2D eigenvalue weighted by Crippen LogP contribution is 2.38. The summed E-state index contributed by atoms with van der Waals surface area (Å²) in [4.78, 5) is 10.2. The summed E-state index contributed by atoms with van der Waals surface area (Å²) in [6, 6.07) is 9.41. The molecule has 1 N–H and O–H groups in total. The van der Waals surface area contributed by atoms with Crippen molar-refractivity contribution in [2.75, 3.05) is 19.5 Å². The fourth-order valence-electron chi connectivity index (χ4n) is 1.94. The lowest BCUT2D eigenvalue weighted by Gasteiger charge is -2.13. The molecular weight excluding hydrogens is 366 g/mol. The van der Waals surface area contributed by atoms with E-state index in [2.05, 4.69) is 21.2 Å². The van der Waals surface area contributed by atoms with Crippen LogP contribution >= 0.6 is 15.9 Å². The Bertz CT molecular complexity index is 777. The van der Waals surface area contributed by atoms with E-state index in [0.717, 1.165) is 0 Å². The topological polar surface area (TPSA) is 97.4 Å². The van der Waals surface area contributed by atoms with Gasteiger partial charge in [-0.3, -0.25) is 10.1 Å². The van der Waals surface area contributed by atoms with E-state index in [9.17, 15) is 15.4 Å². The van der Waals surface area contributed by atoms with Crippen molar-refractivity contribution in [3.63, 3.8) is 0 Å². The van der Waals surface area contributed by atoms with Crippen LogP contribution in [0, 0.1) is 21.4 Å². The Labute approximate surface area is 140 Å². The van der Waals surface area contributed by atoms with Crippen LogP contribution in [0.15, 0.2) is 34.8 Å². The summed E-state index contributed by atoms with van der Waals surface area (Å²) < 4.78 is 11.2. The molecule has 118 valence electrons. The predicted octanol–water partition coefficient (Wildman–Crippen LogP) is 3.99. The third kappa shape index (κ3) is 3.52. The minimum Gasteiger partial charge on any atom is -0.495 e. The second-order valence-electron chi connectivity index (χ2n) is 4.42. The molecule has 0 fully saturated rings. The van der Waals surface area contributed by atoms with Crippen molar-refractivity contribution in [2.24, 2.45) is 0 Å². The van der Waals surface area contributed by atoms with Crippen LogP contribution < -0.4 is 14.8 Å². The molecule has 0 spiro atoms. The number of hydrogen-bond acceptors (Lipinski definition) is 6. The smallest absolute Gasteiger partial charge is 0.270 e. The predicted molar refractivity (Wildman–Crippen MR) is 88.3 cm³/mol. The third-order valence-corrected chi connectivity index (χ3v) is 3.84. The van der Waals surface area contributed by atoms with Gasteiger partial charge in [0.25, 0.3) is 5.69 Å². The molecule has 2 aromatic rings. The van der Waals surface area contributed by atoms with Crippen LogP contribution in [0.3, 0.4) is 0 Å². The van der Waals surface area contributed by atoms with Gasteiger partial charge in [0.05, 0.1) is 30.4 Å². The van der Waals surface area contributed by atoms with E-state index in [1.54, 1.807) is 12.1 Å². The summed E-state index contributed by atoms with van der Waals surface area (Å²) in [5.74, 6) is 1.10. The van der Waals surface area contributed by atoms with Crippen molar-refractivity contribution in [1.82, 2.24) is 0 Å². The van der Waals surface area contributed by atoms with E-state index in [0.29, 0.717) is 27.3 Å². The molecule has 7 nitrogen and oxygen atoms in total. The highest BCUT2D eigenvalue weighted by atomic mass is 79.9. The van der Waals surface area contributed by atoms with Crippen LogP contribution in [0.4, 0.5) is 17.1 Å². The Morgan fingerprint density at radius 1 is 1.22 bits per heavy atom. The van der Waals surface area contributed by atoms with Gasteiger partial charge in [0.2, 0.25) is 0 Å². The lowest BCUT2D eigenvalue weighted by molar-refractivity contribution is -0.384. The lowest BCUT2D eigenvalue weighted by Crippen LogP contribution is -1.98. The van der Waals surface area contributed by atoms with Crippen LogP contribution in [0.2, 0.25) is 0 Å². The average Bonchev–Trinajstić information content (AvgIpc) is 2.56. The van der Waals surface area contributed by atoms with Crippen LogP contribution in [-0.4, -0.2) is 19.1 Å². The minimum atomic E-state index is -0.545. The van der Waals surface area contributed by atoms with E-state index < -0.39 is 4.92 Å². The molecule has 0 unspecified atom stereocenters. The van der Waals surface area contributed by atoms with E-state index in [4.69, 9.17) is 9.47 Å². The zero-order valence-corrected chi connectivity index (χ0v) is 13.9. The Hall–Kier alpha value is -2.79. The molecule has 0 bridgehead atoms. The maximum atomic E-state index is 10.8. The summed E-state index contributed by atoms with van der Waals surface area (Å²) >= 11 is 3.37. The molecule has 0 heterocycles. The number of rotatable bonds is 5. The van der Waals surface area contributed by atoms with E-state index in [1.807, 2.05) is 6.07 Å². The molecule has 0 saturated carbocycles. The molecule has 2 rings (SSSR count). The van der Waals surface area contributed by atoms with Gasteiger partial charge in [-0.2, -0.15) is 5.26 Å². The summed E-state index contributed by atoms with van der Waals surface area (Å²) in [6.45, 7) is 0. The molecule has 23 heavy (non-hydrogen) atoms. The fraction of sp³-hybridized carbons (Fsp3) is 0.133. The number of methoxy groups -OCH3 is 2. The Morgan fingerprint density at radius 2 is 1.83 bits per heavy atom. The van der Waals surface area contributed by atoms with Crippen molar-refractivity contribution in [2.45, 2.75) is 0 Å². The van der Waals surface area contributed by atoms with Gasteiger partial charge < -0.3 is 14.8 Å². The van der Waals surface area contributed by atoms with Crippen molar-refractivity contribution in [3.05, 3.63) is 50.5 Å². The normalized spacial score (nSPS) is 9.83. The third-order valence-electron chi connectivity index (χ3n) is 3.06. The van der Waals surface area contributed by atoms with Gasteiger partial charge in [0.1, 0.15) is 22.0 Å². The van der Waals surface area contributed by atoms with Crippen LogP contribution in [-0.2, 0) is 0 Å². The van der Waals surface area contributed by atoms with Gasteiger partial charge >= 0.3 is 0 Å². The minimum absolute atomic E-state index is 0.141. The second-order valence-corrected chi connectivity index (χ2v) is 5.21. The van der Waals surface area contributed by atoms with Crippen molar-refractivity contribution in [1.29, 1.82) is 5.26 Å². The Kier molecular flexibility index (Phi) is 5.03. The van der Waals surface area contributed by atoms with Crippen LogP contribution in [0.25, 0.3) is 0 Å². The molecule has 0 aliphatic carbocycles. The second kappa shape index (κ2) is 6.98. The number of halogens is 1. The van der Waals surface area contributed by atoms with Gasteiger partial charge in [-0.15, -0.1) is 0 Å². The largest absolute Gasteiger partial charge is 0.495 e.